The summed E-state index contributed by atoms with van der Waals surface area (Å²) in [6.07, 6.45) is 6.76. The molecule has 2 heterocycles. The summed E-state index contributed by atoms with van der Waals surface area (Å²) in [5, 5.41) is 0. The van der Waals surface area contributed by atoms with E-state index in [1.165, 1.54) is 11.3 Å². The Bertz CT molecular complexity index is 426. The van der Waals surface area contributed by atoms with Gasteiger partial charge in [-0.1, -0.05) is 0 Å². The normalized spacial score (nSPS) is 9.73. The average Bonchev–Trinajstić information content (AvgIpc) is 2.50. The van der Waals surface area contributed by atoms with Crippen molar-refractivity contribution in [3.63, 3.8) is 0 Å². The first-order chi connectivity index (χ1) is 5.40. The second-order valence-corrected chi connectivity index (χ2v) is 2.66. The zero-order valence-electron chi connectivity index (χ0n) is 5.40. The van der Waals surface area contributed by atoms with E-state index in [4.69, 9.17) is 6.42 Å². The Morgan fingerprint density at radius 1 is 1.64 bits per heavy atom. The molecular weight excluding hydrogens is 158 g/mol. The fourth-order valence-corrected chi connectivity index (χ4v) is 1.22. The maximum atomic E-state index is 5.10. The molecule has 0 atom stereocenters. The highest BCUT2D eigenvalue weighted by molar-refractivity contribution is 7.16. The molecule has 0 spiro atoms. The molecule has 0 saturated heterocycles. The van der Waals surface area contributed by atoms with Crippen molar-refractivity contribution in [1.82, 2.24) is 15.0 Å². The summed E-state index contributed by atoms with van der Waals surface area (Å²) in [6, 6.07) is 0. The molecule has 0 amide bonds. The SMILES string of the molecule is C#Cc1ncc2s[c]nc2n1. The Morgan fingerprint density at radius 3 is 3.36 bits per heavy atom. The summed E-state index contributed by atoms with van der Waals surface area (Å²) in [7, 11) is 0. The molecule has 0 saturated carbocycles. The molecule has 0 bridgehead atoms. The molecule has 0 aliphatic heterocycles. The molecule has 51 valence electrons. The molecule has 0 N–H and O–H groups in total. The van der Waals surface area contributed by atoms with Gasteiger partial charge >= 0.3 is 0 Å². The Labute approximate surface area is 67.1 Å². The quantitative estimate of drug-likeness (QED) is 0.537. The van der Waals surface area contributed by atoms with Gasteiger partial charge in [-0.3, -0.25) is 0 Å². The van der Waals surface area contributed by atoms with Crippen LogP contribution in [-0.4, -0.2) is 15.0 Å². The minimum absolute atomic E-state index is 0.372. The van der Waals surface area contributed by atoms with Gasteiger partial charge in [0, 0.05) is 0 Å². The van der Waals surface area contributed by atoms with E-state index in [-0.39, 0.29) is 0 Å². The van der Waals surface area contributed by atoms with Gasteiger partial charge in [0.15, 0.2) is 11.2 Å². The van der Waals surface area contributed by atoms with E-state index in [0.717, 1.165) is 4.70 Å². The van der Waals surface area contributed by atoms with Gasteiger partial charge in [0.25, 0.3) is 0 Å². The summed E-state index contributed by atoms with van der Waals surface area (Å²) in [6.45, 7) is 0. The number of fused-ring (bicyclic) bond motifs is 1. The van der Waals surface area contributed by atoms with Crippen molar-refractivity contribution in [3.8, 4) is 12.3 Å². The average molecular weight is 160 g/mol. The predicted octanol–water partition coefficient (Wildman–Crippen LogP) is 0.868. The van der Waals surface area contributed by atoms with Gasteiger partial charge in [-0.2, -0.15) is 4.98 Å². The molecule has 4 heteroatoms. The number of aromatic nitrogens is 3. The summed E-state index contributed by atoms with van der Waals surface area (Å²) < 4.78 is 0.906. The molecule has 2 aromatic rings. The van der Waals surface area contributed by atoms with Gasteiger partial charge in [0.2, 0.25) is 5.82 Å². The highest BCUT2D eigenvalue weighted by Gasteiger charge is 1.98. The molecule has 0 aliphatic carbocycles. The van der Waals surface area contributed by atoms with Crippen LogP contribution in [0.5, 0.6) is 0 Å². The number of rotatable bonds is 0. The van der Waals surface area contributed by atoms with Crippen LogP contribution in [0.25, 0.3) is 10.3 Å². The highest BCUT2D eigenvalue weighted by atomic mass is 32.1. The molecule has 1 radical (unpaired) electrons. The second kappa shape index (κ2) is 2.29. The van der Waals surface area contributed by atoms with Crippen molar-refractivity contribution in [2.45, 2.75) is 0 Å². The van der Waals surface area contributed by atoms with Crippen molar-refractivity contribution in [2.24, 2.45) is 0 Å². The molecule has 2 aromatic heterocycles. The lowest BCUT2D eigenvalue weighted by molar-refractivity contribution is 1.16. The van der Waals surface area contributed by atoms with Crippen LogP contribution in [0.15, 0.2) is 6.20 Å². The lowest BCUT2D eigenvalue weighted by Crippen LogP contribution is -1.86. The third-order valence-electron chi connectivity index (χ3n) is 1.17. The van der Waals surface area contributed by atoms with Crippen LogP contribution in [0.2, 0.25) is 0 Å². The van der Waals surface area contributed by atoms with Crippen molar-refractivity contribution in [1.29, 1.82) is 0 Å². The Balaban J connectivity index is 2.79. The van der Waals surface area contributed by atoms with Crippen molar-refractivity contribution >= 4 is 21.7 Å². The van der Waals surface area contributed by atoms with Crippen LogP contribution in [0.3, 0.4) is 0 Å². The molecule has 3 nitrogen and oxygen atoms in total. The fourth-order valence-electron chi connectivity index (χ4n) is 0.699. The summed E-state index contributed by atoms with van der Waals surface area (Å²) in [4.78, 5) is 11.7. The van der Waals surface area contributed by atoms with E-state index in [1.807, 2.05) is 0 Å². The Hall–Kier alpha value is -1.47. The second-order valence-electron chi connectivity index (χ2n) is 1.83. The van der Waals surface area contributed by atoms with Gasteiger partial charge in [-0.15, -0.1) is 17.8 Å². The smallest absolute Gasteiger partial charge is 0.206 e. The first kappa shape index (κ1) is 6.25. The third kappa shape index (κ3) is 0.954. The van der Waals surface area contributed by atoms with Gasteiger partial charge in [-0.25, -0.2) is 9.97 Å². The lowest BCUT2D eigenvalue weighted by Gasteiger charge is -1.86. The monoisotopic (exact) mass is 160 g/mol. The maximum absolute atomic E-state index is 5.10. The zero-order valence-corrected chi connectivity index (χ0v) is 6.22. The number of thiazole rings is 1. The summed E-state index contributed by atoms with van der Waals surface area (Å²) >= 11 is 1.38. The summed E-state index contributed by atoms with van der Waals surface area (Å²) in [5.74, 6) is 2.71. The van der Waals surface area contributed by atoms with Gasteiger partial charge < -0.3 is 0 Å². The third-order valence-corrected chi connectivity index (χ3v) is 1.86. The molecule has 0 unspecified atom stereocenters. The van der Waals surface area contributed by atoms with Crippen molar-refractivity contribution in [2.75, 3.05) is 0 Å². The maximum Gasteiger partial charge on any atom is 0.206 e. The fraction of sp³-hybridized carbons (Fsp3) is 0. The molecular formula is C7H2N3S. The Morgan fingerprint density at radius 2 is 2.55 bits per heavy atom. The lowest BCUT2D eigenvalue weighted by atomic mass is 10.5. The highest BCUT2D eigenvalue weighted by Crippen LogP contribution is 2.12. The van der Waals surface area contributed by atoms with Crippen LogP contribution in [0, 0.1) is 17.9 Å². The molecule has 0 aromatic carbocycles. The number of hydrogen-bond donors (Lipinski definition) is 0. The number of hydrogen-bond acceptors (Lipinski definition) is 4. The van der Waals surface area contributed by atoms with Crippen LogP contribution in [-0.2, 0) is 0 Å². The predicted molar refractivity (Wildman–Crippen MR) is 42.0 cm³/mol. The van der Waals surface area contributed by atoms with E-state index < -0.39 is 0 Å². The first-order valence-corrected chi connectivity index (χ1v) is 3.68. The van der Waals surface area contributed by atoms with Crippen LogP contribution >= 0.6 is 11.3 Å². The van der Waals surface area contributed by atoms with E-state index >= 15 is 0 Å². The number of terminal acetylenes is 1. The van der Waals surface area contributed by atoms with Crippen molar-refractivity contribution < 1.29 is 0 Å². The minimum Gasteiger partial charge on any atom is -0.228 e. The van der Waals surface area contributed by atoms with Crippen LogP contribution < -0.4 is 0 Å². The largest absolute Gasteiger partial charge is 0.228 e. The van der Waals surface area contributed by atoms with E-state index in [9.17, 15) is 0 Å². The topological polar surface area (TPSA) is 38.7 Å². The first-order valence-electron chi connectivity index (χ1n) is 2.86. The molecule has 0 fully saturated rings. The standard InChI is InChI=1S/C7H2N3S/c1-2-6-8-3-5-7(10-6)9-4-11-5/h1,3H. The van der Waals surface area contributed by atoms with Crippen molar-refractivity contribution in [3.05, 3.63) is 17.5 Å². The van der Waals surface area contributed by atoms with Crippen LogP contribution in [0.1, 0.15) is 5.82 Å². The summed E-state index contributed by atoms with van der Waals surface area (Å²) in [5.41, 5.74) is 3.33. The van der Waals surface area contributed by atoms with E-state index in [0.29, 0.717) is 11.5 Å². The molecule has 2 rings (SSSR count). The minimum atomic E-state index is 0.372. The van der Waals surface area contributed by atoms with Crippen LogP contribution in [0.4, 0.5) is 0 Å². The van der Waals surface area contributed by atoms with Gasteiger partial charge in [-0.05, 0) is 5.92 Å². The Kier molecular flexibility index (Phi) is 1.30. The van der Waals surface area contributed by atoms with E-state index in [1.54, 1.807) is 6.20 Å². The van der Waals surface area contributed by atoms with Gasteiger partial charge in [0.1, 0.15) is 0 Å². The van der Waals surface area contributed by atoms with Gasteiger partial charge in [0.05, 0.1) is 10.9 Å². The molecule has 0 aliphatic rings. The van der Waals surface area contributed by atoms with E-state index in [2.05, 4.69) is 26.4 Å². The number of nitrogens with zero attached hydrogens (tertiary/aromatic N) is 3. The molecule has 11 heavy (non-hydrogen) atoms. The zero-order chi connectivity index (χ0) is 7.68.